The Morgan fingerprint density at radius 1 is 1.05 bits per heavy atom. The lowest BCUT2D eigenvalue weighted by atomic mass is 10.2. The fourth-order valence-electron chi connectivity index (χ4n) is 2.79. The Balaban J connectivity index is 2.41. The largest absolute Gasteiger partial charge is 0.137 e. The maximum atomic E-state index is 3.66. The molecule has 3 heteroatoms. The molecule has 1 aromatic rings. The molecule has 0 aliphatic rings. The second-order valence-corrected chi connectivity index (χ2v) is 13.4. The zero-order valence-corrected chi connectivity index (χ0v) is 16.2. The smallest absolute Gasteiger partial charge is 0.0730 e. The summed E-state index contributed by atoms with van der Waals surface area (Å²) in [6.07, 6.45) is 8.30. The van der Waals surface area contributed by atoms with Crippen LogP contribution in [0, 0.1) is 0 Å². The summed E-state index contributed by atoms with van der Waals surface area (Å²) >= 11 is 5.48. The predicted molar refractivity (Wildman–Crippen MR) is 96.2 cm³/mol. The van der Waals surface area contributed by atoms with Crippen molar-refractivity contribution in [3.63, 3.8) is 0 Å². The zero-order valence-electron chi connectivity index (χ0n) is 12.8. The summed E-state index contributed by atoms with van der Waals surface area (Å²) < 4.78 is 1.35. The third-order valence-corrected chi connectivity index (χ3v) is 10.7. The lowest BCUT2D eigenvalue weighted by molar-refractivity contribution is 0.803. The molecule has 19 heavy (non-hydrogen) atoms. The van der Waals surface area contributed by atoms with E-state index in [1.54, 1.807) is 12.1 Å². The topological polar surface area (TPSA) is 0 Å². The first-order valence-electron chi connectivity index (χ1n) is 7.83. The van der Waals surface area contributed by atoms with Crippen LogP contribution in [0.2, 0.25) is 24.7 Å². The third kappa shape index (κ3) is 6.59. The molecule has 1 rings (SSSR count). The number of rotatable bonds is 10. The minimum atomic E-state index is -0.954. The Morgan fingerprint density at radius 2 is 1.63 bits per heavy atom. The normalized spacial score (nSPS) is 12.0. The van der Waals surface area contributed by atoms with Gasteiger partial charge in [0.2, 0.25) is 0 Å². The summed E-state index contributed by atoms with van der Waals surface area (Å²) in [5, 5.41) is 2.20. The van der Waals surface area contributed by atoms with Gasteiger partial charge < -0.3 is 0 Å². The Kier molecular flexibility index (Phi) is 8.59. The number of halogens is 1. The molecule has 0 fully saturated rings. The second kappa shape index (κ2) is 9.35. The molecule has 0 N–H and O–H groups in total. The highest BCUT2D eigenvalue weighted by Crippen LogP contribution is 2.30. The molecule has 0 nitrogen and oxygen atoms in total. The Labute approximate surface area is 133 Å². The summed E-state index contributed by atoms with van der Waals surface area (Å²) in [7, 11) is -0.954. The van der Waals surface area contributed by atoms with Crippen LogP contribution in [0.5, 0.6) is 0 Å². The summed E-state index contributed by atoms with van der Waals surface area (Å²) in [6, 6.07) is 6.91. The maximum Gasteiger partial charge on any atom is 0.0730 e. The first kappa shape index (κ1) is 17.4. The van der Waals surface area contributed by atoms with E-state index in [1.165, 1.54) is 53.9 Å². The number of aryl methyl sites for hydroxylation is 1. The van der Waals surface area contributed by atoms with Crippen molar-refractivity contribution in [1.82, 2.24) is 0 Å². The standard InChI is InChI=1S/C16H29BrSSi/c1-4-6-12-19(3,13-7-5-2)14-8-9-15-10-11-18-16(15)17/h10-11H,4-9,12-14H2,1-3H3. The first-order chi connectivity index (χ1) is 9.11. The SMILES string of the molecule is CCCC[Si](C)(CCCC)CCCc1ccsc1Br. The van der Waals surface area contributed by atoms with Crippen LogP contribution < -0.4 is 0 Å². The van der Waals surface area contributed by atoms with Gasteiger partial charge in [0.05, 0.1) is 11.9 Å². The molecule has 0 aromatic carbocycles. The molecule has 0 aliphatic carbocycles. The van der Waals surface area contributed by atoms with E-state index >= 15 is 0 Å². The molecule has 0 spiro atoms. The highest BCUT2D eigenvalue weighted by atomic mass is 79.9. The molecule has 0 atom stereocenters. The average molecular weight is 361 g/mol. The van der Waals surface area contributed by atoms with Crippen molar-refractivity contribution in [1.29, 1.82) is 0 Å². The molecule has 0 radical (unpaired) electrons. The minimum Gasteiger partial charge on any atom is -0.137 e. The van der Waals surface area contributed by atoms with E-state index in [4.69, 9.17) is 0 Å². The minimum absolute atomic E-state index is 0.954. The van der Waals surface area contributed by atoms with Crippen molar-refractivity contribution in [2.45, 2.75) is 77.1 Å². The fraction of sp³-hybridized carbons (Fsp3) is 0.750. The average Bonchev–Trinajstić information content (AvgIpc) is 2.80. The van der Waals surface area contributed by atoms with Crippen molar-refractivity contribution < 1.29 is 0 Å². The van der Waals surface area contributed by atoms with Crippen molar-refractivity contribution in [2.24, 2.45) is 0 Å². The van der Waals surface area contributed by atoms with Gasteiger partial charge in [-0.05, 0) is 39.4 Å². The van der Waals surface area contributed by atoms with Crippen LogP contribution in [0.15, 0.2) is 15.2 Å². The lowest BCUT2D eigenvalue weighted by Crippen LogP contribution is -2.29. The number of unbranched alkanes of at least 4 members (excludes halogenated alkanes) is 2. The molecule has 0 amide bonds. The van der Waals surface area contributed by atoms with Crippen LogP contribution in [0.3, 0.4) is 0 Å². The van der Waals surface area contributed by atoms with Crippen LogP contribution in [-0.2, 0) is 6.42 Å². The Hall–Kier alpha value is 0.397. The molecule has 0 saturated carbocycles. The van der Waals surface area contributed by atoms with Crippen molar-refractivity contribution in [2.75, 3.05) is 0 Å². The van der Waals surface area contributed by atoms with E-state index in [0.29, 0.717) is 0 Å². The number of thiophene rings is 1. The van der Waals surface area contributed by atoms with Gasteiger partial charge in [-0.15, -0.1) is 11.3 Å². The predicted octanol–water partition coefficient (Wildman–Crippen LogP) is 7.12. The fourth-order valence-corrected chi connectivity index (χ4v) is 8.31. The molecule has 110 valence electrons. The molecular weight excluding hydrogens is 332 g/mol. The molecule has 1 heterocycles. The van der Waals surface area contributed by atoms with E-state index in [9.17, 15) is 0 Å². The molecule has 0 bridgehead atoms. The van der Waals surface area contributed by atoms with E-state index in [2.05, 4.69) is 47.8 Å². The molecule has 1 aromatic heterocycles. The van der Waals surface area contributed by atoms with Gasteiger partial charge in [-0.2, -0.15) is 0 Å². The highest BCUT2D eigenvalue weighted by Gasteiger charge is 2.25. The highest BCUT2D eigenvalue weighted by molar-refractivity contribution is 9.11. The maximum absolute atomic E-state index is 3.66. The molecule has 0 unspecified atom stereocenters. The zero-order chi connectivity index (χ0) is 14.1. The third-order valence-electron chi connectivity index (χ3n) is 4.19. The van der Waals surface area contributed by atoms with Crippen LogP contribution in [0.25, 0.3) is 0 Å². The van der Waals surface area contributed by atoms with Crippen LogP contribution in [0.1, 0.15) is 51.5 Å². The van der Waals surface area contributed by atoms with Crippen LogP contribution >= 0.6 is 27.3 Å². The van der Waals surface area contributed by atoms with E-state index in [0.717, 1.165) is 0 Å². The summed E-state index contributed by atoms with van der Waals surface area (Å²) in [5.41, 5.74) is 1.52. The van der Waals surface area contributed by atoms with Crippen molar-refractivity contribution >= 4 is 35.3 Å². The van der Waals surface area contributed by atoms with Gasteiger partial charge >= 0.3 is 0 Å². The first-order valence-corrected chi connectivity index (χ1v) is 12.6. The van der Waals surface area contributed by atoms with Crippen molar-refractivity contribution in [3.05, 3.63) is 20.8 Å². The second-order valence-electron chi connectivity index (χ2n) is 6.09. The quantitative estimate of drug-likeness (QED) is 0.389. The summed E-state index contributed by atoms with van der Waals surface area (Å²) in [4.78, 5) is 0. The van der Waals surface area contributed by atoms with Gasteiger partial charge in [0.15, 0.2) is 0 Å². The van der Waals surface area contributed by atoms with Gasteiger partial charge in [0.25, 0.3) is 0 Å². The Morgan fingerprint density at radius 3 is 2.11 bits per heavy atom. The van der Waals surface area contributed by atoms with E-state index in [1.807, 2.05) is 11.3 Å². The number of hydrogen-bond donors (Lipinski definition) is 0. The van der Waals surface area contributed by atoms with Gasteiger partial charge in [-0.3, -0.25) is 0 Å². The van der Waals surface area contributed by atoms with Crippen molar-refractivity contribution in [3.8, 4) is 0 Å². The van der Waals surface area contributed by atoms with Gasteiger partial charge in [-0.25, -0.2) is 0 Å². The van der Waals surface area contributed by atoms with E-state index < -0.39 is 8.07 Å². The van der Waals surface area contributed by atoms with Gasteiger partial charge in [0.1, 0.15) is 0 Å². The summed E-state index contributed by atoms with van der Waals surface area (Å²) in [5.74, 6) is 0. The van der Waals surface area contributed by atoms with E-state index in [-0.39, 0.29) is 0 Å². The summed E-state index contributed by atoms with van der Waals surface area (Å²) in [6.45, 7) is 7.31. The van der Waals surface area contributed by atoms with Gasteiger partial charge in [-0.1, -0.05) is 70.6 Å². The molecule has 0 saturated heterocycles. The molecular formula is C16H29BrSSi. The lowest BCUT2D eigenvalue weighted by Gasteiger charge is -2.27. The van der Waals surface area contributed by atoms with Crippen LogP contribution in [0.4, 0.5) is 0 Å². The van der Waals surface area contributed by atoms with Crippen LogP contribution in [-0.4, -0.2) is 8.07 Å². The molecule has 0 aliphatic heterocycles. The number of hydrogen-bond acceptors (Lipinski definition) is 1. The monoisotopic (exact) mass is 360 g/mol. The Bertz CT molecular complexity index is 340. The van der Waals surface area contributed by atoms with Gasteiger partial charge in [0, 0.05) is 0 Å².